The van der Waals surface area contributed by atoms with Crippen molar-refractivity contribution in [1.29, 1.82) is 0 Å². The Kier molecular flexibility index (Phi) is 5.31. The molecule has 0 saturated heterocycles. The van der Waals surface area contributed by atoms with Crippen molar-refractivity contribution >= 4 is 15.9 Å². The third-order valence-corrected chi connectivity index (χ3v) is 6.34. The van der Waals surface area contributed by atoms with Gasteiger partial charge in [0.1, 0.15) is 6.54 Å². The number of imidazole rings is 1. The van der Waals surface area contributed by atoms with Crippen LogP contribution in [0.4, 0.5) is 0 Å². The fourth-order valence-corrected chi connectivity index (χ4v) is 4.43. The minimum atomic E-state index is -3.98. The monoisotopic (exact) mass is 377 g/mol. The number of carbonyl (C=O) groups excluding carboxylic acids is 1. The molecule has 1 aliphatic rings. The molecule has 7 nitrogen and oxygen atoms in total. The Hall–Kier alpha value is -2.35. The van der Waals surface area contributed by atoms with E-state index < -0.39 is 15.7 Å². The van der Waals surface area contributed by atoms with Gasteiger partial charge in [-0.15, -0.1) is 0 Å². The van der Waals surface area contributed by atoms with Crippen LogP contribution in [-0.2, 0) is 21.4 Å². The number of aryl methyl sites for hydroxylation is 1. The maximum Gasteiger partial charge on any atom is 0.342 e. The van der Waals surface area contributed by atoms with E-state index in [0.29, 0.717) is 3.97 Å². The average molecular weight is 377 g/mol. The zero-order chi connectivity index (χ0) is 18.7. The van der Waals surface area contributed by atoms with Crippen molar-refractivity contribution in [1.82, 2.24) is 13.9 Å². The lowest BCUT2D eigenvalue weighted by Gasteiger charge is -2.22. The van der Waals surface area contributed by atoms with E-state index in [2.05, 4.69) is 5.32 Å². The topological polar surface area (TPSA) is 90.2 Å². The summed E-state index contributed by atoms with van der Waals surface area (Å²) in [6.07, 6.45) is 7.78. The van der Waals surface area contributed by atoms with Gasteiger partial charge in [0.15, 0.2) is 0 Å². The van der Waals surface area contributed by atoms with Crippen LogP contribution < -0.4 is 11.0 Å². The fourth-order valence-electron chi connectivity index (χ4n) is 3.20. The minimum absolute atomic E-state index is 0.0367. The second-order valence-electron chi connectivity index (χ2n) is 6.72. The Bertz CT molecular complexity index is 936. The van der Waals surface area contributed by atoms with Gasteiger partial charge in [-0.05, 0) is 31.9 Å². The average Bonchev–Trinajstić information content (AvgIpc) is 2.97. The second-order valence-corrected chi connectivity index (χ2v) is 8.54. The number of rotatable bonds is 5. The highest BCUT2D eigenvalue weighted by atomic mass is 32.2. The number of carbonyl (C=O) groups is 1. The SMILES string of the molecule is Cc1ccc(S(=O)(=O)n2ccn(CC(=O)NC3CCCCC3)c2=O)cc1. The van der Waals surface area contributed by atoms with E-state index in [1.54, 1.807) is 12.1 Å². The molecular weight excluding hydrogens is 354 g/mol. The van der Waals surface area contributed by atoms with Gasteiger partial charge >= 0.3 is 5.69 Å². The largest absolute Gasteiger partial charge is 0.352 e. The number of nitrogens with zero attached hydrogens (tertiary/aromatic N) is 2. The van der Waals surface area contributed by atoms with Gasteiger partial charge in [-0.25, -0.2) is 13.2 Å². The summed E-state index contributed by atoms with van der Waals surface area (Å²) in [7, 11) is -3.98. The lowest BCUT2D eigenvalue weighted by Crippen LogP contribution is -2.40. The second kappa shape index (κ2) is 7.49. The summed E-state index contributed by atoms with van der Waals surface area (Å²) < 4.78 is 27.0. The first-order valence-corrected chi connectivity index (χ1v) is 10.2. The Morgan fingerprint density at radius 3 is 2.42 bits per heavy atom. The molecule has 1 aromatic carbocycles. The van der Waals surface area contributed by atoms with E-state index in [4.69, 9.17) is 0 Å². The maximum atomic E-state index is 12.6. The van der Waals surface area contributed by atoms with E-state index in [-0.39, 0.29) is 23.4 Å². The van der Waals surface area contributed by atoms with Crippen molar-refractivity contribution in [2.24, 2.45) is 0 Å². The van der Waals surface area contributed by atoms with Crippen molar-refractivity contribution < 1.29 is 13.2 Å². The zero-order valence-electron chi connectivity index (χ0n) is 14.7. The van der Waals surface area contributed by atoms with Gasteiger partial charge in [-0.1, -0.05) is 37.0 Å². The highest BCUT2D eigenvalue weighted by Crippen LogP contribution is 2.17. The lowest BCUT2D eigenvalue weighted by molar-refractivity contribution is -0.122. The number of nitrogens with one attached hydrogen (secondary N) is 1. The molecule has 3 rings (SSSR count). The van der Waals surface area contributed by atoms with E-state index in [1.807, 2.05) is 6.92 Å². The van der Waals surface area contributed by atoms with Gasteiger partial charge in [0.05, 0.1) is 4.90 Å². The molecule has 1 amide bonds. The zero-order valence-corrected chi connectivity index (χ0v) is 15.5. The lowest BCUT2D eigenvalue weighted by atomic mass is 9.95. The first-order chi connectivity index (χ1) is 12.4. The smallest absolute Gasteiger partial charge is 0.342 e. The van der Waals surface area contributed by atoms with Crippen molar-refractivity contribution in [2.45, 2.75) is 56.5 Å². The molecule has 0 atom stereocenters. The number of hydrogen-bond donors (Lipinski definition) is 1. The maximum absolute atomic E-state index is 12.6. The molecule has 1 N–H and O–H groups in total. The molecule has 140 valence electrons. The van der Waals surface area contributed by atoms with Crippen molar-refractivity contribution in [3.63, 3.8) is 0 Å². The molecular formula is C18H23N3O4S. The first kappa shape index (κ1) is 18.4. The Labute approximate surface area is 152 Å². The summed E-state index contributed by atoms with van der Waals surface area (Å²) in [6.45, 7) is 1.66. The highest BCUT2D eigenvalue weighted by molar-refractivity contribution is 7.90. The third-order valence-electron chi connectivity index (χ3n) is 4.68. The molecule has 0 unspecified atom stereocenters. The van der Waals surface area contributed by atoms with Crippen molar-refractivity contribution in [3.05, 3.63) is 52.7 Å². The predicted octanol–water partition coefficient (Wildman–Crippen LogP) is 1.64. The van der Waals surface area contributed by atoms with Crippen molar-refractivity contribution in [2.75, 3.05) is 0 Å². The summed E-state index contributed by atoms with van der Waals surface area (Å²) in [4.78, 5) is 24.7. The molecule has 1 aromatic heterocycles. The normalized spacial score (nSPS) is 15.7. The molecule has 1 fully saturated rings. The van der Waals surface area contributed by atoms with Crippen LogP contribution in [0.25, 0.3) is 0 Å². The number of benzene rings is 1. The molecule has 1 saturated carbocycles. The van der Waals surface area contributed by atoms with E-state index in [9.17, 15) is 18.0 Å². The van der Waals surface area contributed by atoms with Gasteiger partial charge in [0, 0.05) is 18.4 Å². The van der Waals surface area contributed by atoms with Gasteiger partial charge in [-0.2, -0.15) is 3.97 Å². The molecule has 1 heterocycles. The molecule has 8 heteroatoms. The number of hydrogen-bond acceptors (Lipinski definition) is 4. The third kappa shape index (κ3) is 3.90. The van der Waals surface area contributed by atoms with Gasteiger partial charge in [-0.3, -0.25) is 9.36 Å². The molecule has 1 aliphatic carbocycles. The first-order valence-electron chi connectivity index (χ1n) is 8.77. The Morgan fingerprint density at radius 1 is 1.12 bits per heavy atom. The quantitative estimate of drug-likeness (QED) is 0.858. The van der Waals surface area contributed by atoms with E-state index in [1.165, 1.54) is 30.9 Å². The number of amides is 1. The fraction of sp³-hybridized carbons (Fsp3) is 0.444. The summed E-state index contributed by atoms with van der Waals surface area (Å²) in [5.74, 6) is -0.274. The van der Waals surface area contributed by atoms with Gasteiger partial charge in [0.25, 0.3) is 10.0 Å². The van der Waals surface area contributed by atoms with Crippen LogP contribution in [0.3, 0.4) is 0 Å². The van der Waals surface area contributed by atoms with E-state index in [0.717, 1.165) is 35.8 Å². The van der Waals surface area contributed by atoms with Crippen LogP contribution in [0.1, 0.15) is 37.7 Å². The number of aromatic nitrogens is 2. The van der Waals surface area contributed by atoms with Gasteiger partial charge < -0.3 is 5.32 Å². The van der Waals surface area contributed by atoms with Crippen LogP contribution in [0.5, 0.6) is 0 Å². The molecule has 26 heavy (non-hydrogen) atoms. The van der Waals surface area contributed by atoms with E-state index >= 15 is 0 Å². The van der Waals surface area contributed by atoms with Crippen LogP contribution in [0, 0.1) is 6.92 Å². The summed E-state index contributed by atoms with van der Waals surface area (Å²) >= 11 is 0. The molecule has 2 aromatic rings. The standard InChI is InChI=1S/C18H23N3O4S/c1-14-7-9-16(10-8-14)26(24,25)21-12-11-20(18(21)23)13-17(22)19-15-5-3-2-4-6-15/h7-12,15H,2-6,13H2,1H3,(H,19,22). The van der Waals surface area contributed by atoms with Crippen LogP contribution in [0.2, 0.25) is 0 Å². The van der Waals surface area contributed by atoms with Crippen LogP contribution in [-0.4, -0.2) is 28.9 Å². The molecule has 0 aliphatic heterocycles. The predicted molar refractivity (Wildman–Crippen MR) is 97.5 cm³/mol. The highest BCUT2D eigenvalue weighted by Gasteiger charge is 2.22. The minimum Gasteiger partial charge on any atom is -0.352 e. The summed E-state index contributed by atoms with van der Waals surface area (Å²) in [5, 5.41) is 2.92. The van der Waals surface area contributed by atoms with Crippen LogP contribution in [0.15, 0.2) is 46.3 Å². The Morgan fingerprint density at radius 2 is 1.77 bits per heavy atom. The van der Waals surface area contributed by atoms with Crippen LogP contribution >= 0.6 is 0 Å². The van der Waals surface area contributed by atoms with Crippen molar-refractivity contribution in [3.8, 4) is 0 Å². The molecule has 0 spiro atoms. The summed E-state index contributed by atoms with van der Waals surface area (Å²) in [6, 6.07) is 6.42. The summed E-state index contributed by atoms with van der Waals surface area (Å²) in [5.41, 5.74) is 0.178. The molecule has 0 bridgehead atoms. The molecule has 0 radical (unpaired) electrons. The Balaban J connectivity index is 1.76. The van der Waals surface area contributed by atoms with Gasteiger partial charge in [0.2, 0.25) is 5.91 Å².